The van der Waals surface area contributed by atoms with E-state index in [0.29, 0.717) is 17.1 Å². The summed E-state index contributed by atoms with van der Waals surface area (Å²) in [5.41, 5.74) is 7.94. The molecule has 0 aliphatic carbocycles. The Balaban J connectivity index is 2.29. The number of aromatic nitrogens is 1. The summed E-state index contributed by atoms with van der Waals surface area (Å²) in [6.45, 7) is 3.75. The molecule has 0 unspecified atom stereocenters. The number of benzene rings is 1. The highest BCUT2D eigenvalue weighted by molar-refractivity contribution is 5.98. The van der Waals surface area contributed by atoms with Gasteiger partial charge in [-0.2, -0.15) is 0 Å². The molecule has 0 saturated carbocycles. The monoisotopic (exact) mass is 257 g/mol. The molecule has 0 fully saturated rings. The zero-order valence-electron chi connectivity index (χ0n) is 10.8. The van der Waals surface area contributed by atoms with Crippen LogP contribution < -0.4 is 10.5 Å². The van der Waals surface area contributed by atoms with Gasteiger partial charge in [0.1, 0.15) is 11.5 Å². The van der Waals surface area contributed by atoms with Crippen LogP contribution in [0.5, 0.6) is 11.5 Å². The number of hydrogen-bond acceptors (Lipinski definition) is 4. The molecule has 0 amide bonds. The minimum absolute atomic E-state index is 0.0848. The number of aryl methyl sites for hydroxylation is 2. The third-order valence-corrected chi connectivity index (χ3v) is 2.77. The minimum Gasteiger partial charge on any atom is -0.455 e. The lowest BCUT2D eigenvalue weighted by molar-refractivity contribution is 0.318. The number of pyridine rings is 1. The number of nitrogens with zero attached hydrogens (tertiary/aromatic N) is 2. The molecule has 1 aromatic carbocycles. The highest BCUT2D eigenvalue weighted by Gasteiger charge is 2.07. The third-order valence-electron chi connectivity index (χ3n) is 2.77. The van der Waals surface area contributed by atoms with Gasteiger partial charge in [0.05, 0.1) is 5.69 Å². The molecule has 19 heavy (non-hydrogen) atoms. The first-order valence-corrected chi connectivity index (χ1v) is 5.80. The number of ether oxygens (including phenoxy) is 1. The van der Waals surface area contributed by atoms with Crippen molar-refractivity contribution >= 4 is 5.84 Å². The summed E-state index contributed by atoms with van der Waals surface area (Å²) in [4.78, 5) is 4.16. The Hall–Kier alpha value is -2.56. The molecular formula is C14H15N3O2. The number of rotatable bonds is 3. The molecule has 1 heterocycles. The van der Waals surface area contributed by atoms with E-state index >= 15 is 0 Å². The van der Waals surface area contributed by atoms with Gasteiger partial charge in [0.2, 0.25) is 0 Å². The largest absolute Gasteiger partial charge is 0.455 e. The van der Waals surface area contributed by atoms with Gasteiger partial charge in [-0.05, 0) is 49.7 Å². The molecule has 5 nitrogen and oxygen atoms in total. The zero-order chi connectivity index (χ0) is 13.8. The third kappa shape index (κ3) is 2.82. The number of nitrogens with two attached hydrogens (primary N) is 1. The lowest BCUT2D eigenvalue weighted by Gasteiger charge is -2.10. The van der Waals surface area contributed by atoms with Crippen LogP contribution in [0.3, 0.4) is 0 Å². The maximum absolute atomic E-state index is 8.68. The van der Waals surface area contributed by atoms with Crippen molar-refractivity contribution in [3.05, 3.63) is 53.3 Å². The SMILES string of the molecule is Cc1cc(Oc2cccnc2C)ccc1/C(N)=N/O. The Morgan fingerprint density at radius 1 is 1.32 bits per heavy atom. The normalized spacial score (nSPS) is 11.4. The van der Waals surface area contributed by atoms with E-state index < -0.39 is 0 Å². The molecule has 0 radical (unpaired) electrons. The molecule has 2 aromatic rings. The van der Waals surface area contributed by atoms with Crippen LogP contribution in [0.4, 0.5) is 0 Å². The summed E-state index contributed by atoms with van der Waals surface area (Å²) in [6, 6.07) is 9.03. The Kier molecular flexibility index (Phi) is 3.66. The summed E-state index contributed by atoms with van der Waals surface area (Å²) < 4.78 is 5.75. The van der Waals surface area contributed by atoms with Crippen molar-refractivity contribution in [2.45, 2.75) is 13.8 Å². The lowest BCUT2D eigenvalue weighted by Crippen LogP contribution is -2.14. The topological polar surface area (TPSA) is 80.7 Å². The molecule has 0 bridgehead atoms. The molecular weight excluding hydrogens is 242 g/mol. The highest BCUT2D eigenvalue weighted by Crippen LogP contribution is 2.25. The van der Waals surface area contributed by atoms with Gasteiger partial charge in [0.15, 0.2) is 5.84 Å². The maximum Gasteiger partial charge on any atom is 0.170 e. The lowest BCUT2D eigenvalue weighted by atomic mass is 10.1. The molecule has 98 valence electrons. The van der Waals surface area contributed by atoms with Crippen LogP contribution in [0.25, 0.3) is 0 Å². The van der Waals surface area contributed by atoms with E-state index in [-0.39, 0.29) is 5.84 Å². The van der Waals surface area contributed by atoms with Crippen LogP contribution in [-0.4, -0.2) is 16.0 Å². The molecule has 0 spiro atoms. The molecule has 0 atom stereocenters. The summed E-state index contributed by atoms with van der Waals surface area (Å²) in [7, 11) is 0. The van der Waals surface area contributed by atoms with E-state index in [1.807, 2.05) is 32.0 Å². The number of amidine groups is 1. The van der Waals surface area contributed by atoms with E-state index in [1.54, 1.807) is 18.3 Å². The van der Waals surface area contributed by atoms with E-state index in [4.69, 9.17) is 15.7 Å². The predicted octanol–water partition coefficient (Wildman–Crippen LogP) is 2.59. The average molecular weight is 257 g/mol. The summed E-state index contributed by atoms with van der Waals surface area (Å²) in [6.07, 6.45) is 1.72. The Morgan fingerprint density at radius 3 is 2.74 bits per heavy atom. The second-order valence-corrected chi connectivity index (χ2v) is 4.15. The number of oxime groups is 1. The Labute approximate surface area is 111 Å². The number of hydrogen-bond donors (Lipinski definition) is 2. The highest BCUT2D eigenvalue weighted by atomic mass is 16.5. The van der Waals surface area contributed by atoms with E-state index in [2.05, 4.69) is 10.1 Å². The molecule has 1 aromatic heterocycles. The average Bonchev–Trinajstić information content (AvgIpc) is 2.41. The van der Waals surface area contributed by atoms with E-state index in [9.17, 15) is 0 Å². The van der Waals surface area contributed by atoms with Crippen LogP contribution in [0.2, 0.25) is 0 Å². The molecule has 0 saturated heterocycles. The van der Waals surface area contributed by atoms with Gasteiger partial charge < -0.3 is 15.7 Å². The molecule has 0 aliphatic rings. The maximum atomic E-state index is 8.68. The zero-order valence-corrected chi connectivity index (χ0v) is 10.8. The van der Waals surface area contributed by atoms with Crippen molar-refractivity contribution in [1.82, 2.24) is 4.98 Å². The second-order valence-electron chi connectivity index (χ2n) is 4.15. The first kappa shape index (κ1) is 12.9. The first-order valence-electron chi connectivity index (χ1n) is 5.80. The van der Waals surface area contributed by atoms with Gasteiger partial charge in [-0.25, -0.2) is 0 Å². The molecule has 3 N–H and O–H groups in total. The van der Waals surface area contributed by atoms with Crippen LogP contribution in [-0.2, 0) is 0 Å². The van der Waals surface area contributed by atoms with Gasteiger partial charge in [0, 0.05) is 11.8 Å². The quantitative estimate of drug-likeness (QED) is 0.383. The van der Waals surface area contributed by atoms with Crippen LogP contribution in [0.1, 0.15) is 16.8 Å². The molecule has 2 rings (SSSR count). The van der Waals surface area contributed by atoms with Crippen LogP contribution in [0, 0.1) is 13.8 Å². The van der Waals surface area contributed by atoms with Gasteiger partial charge in [-0.3, -0.25) is 4.98 Å². The first-order chi connectivity index (χ1) is 9.11. The summed E-state index contributed by atoms with van der Waals surface area (Å²) >= 11 is 0. The van der Waals surface area contributed by atoms with Gasteiger partial charge in [-0.15, -0.1) is 0 Å². The summed E-state index contributed by atoms with van der Waals surface area (Å²) in [5, 5.41) is 11.7. The van der Waals surface area contributed by atoms with Gasteiger partial charge in [0.25, 0.3) is 0 Å². The predicted molar refractivity (Wildman–Crippen MR) is 72.7 cm³/mol. The van der Waals surface area contributed by atoms with Crippen molar-refractivity contribution < 1.29 is 9.94 Å². The minimum atomic E-state index is 0.0848. The van der Waals surface area contributed by atoms with Crippen molar-refractivity contribution in [3.8, 4) is 11.5 Å². The standard InChI is InChI=1S/C14H15N3O2/c1-9-8-11(5-6-12(9)14(15)17-18)19-13-4-3-7-16-10(13)2/h3-8,18H,1-2H3,(H2,15,17). The van der Waals surface area contributed by atoms with Crippen molar-refractivity contribution in [2.24, 2.45) is 10.9 Å². The van der Waals surface area contributed by atoms with E-state index in [1.165, 1.54) is 0 Å². The summed E-state index contributed by atoms with van der Waals surface area (Å²) in [5.74, 6) is 1.48. The fourth-order valence-electron chi connectivity index (χ4n) is 1.75. The smallest absolute Gasteiger partial charge is 0.170 e. The van der Waals surface area contributed by atoms with Gasteiger partial charge >= 0.3 is 0 Å². The van der Waals surface area contributed by atoms with Crippen molar-refractivity contribution in [2.75, 3.05) is 0 Å². The van der Waals surface area contributed by atoms with Crippen LogP contribution in [0.15, 0.2) is 41.7 Å². The van der Waals surface area contributed by atoms with E-state index in [0.717, 1.165) is 11.3 Å². The second kappa shape index (κ2) is 5.39. The fraction of sp³-hybridized carbons (Fsp3) is 0.143. The van der Waals surface area contributed by atoms with Gasteiger partial charge in [-0.1, -0.05) is 5.16 Å². The fourth-order valence-corrected chi connectivity index (χ4v) is 1.75. The van der Waals surface area contributed by atoms with Crippen molar-refractivity contribution in [3.63, 3.8) is 0 Å². The van der Waals surface area contributed by atoms with Crippen LogP contribution >= 0.6 is 0 Å². The Bertz CT molecular complexity index is 624. The molecule has 5 heteroatoms. The Morgan fingerprint density at radius 2 is 2.11 bits per heavy atom. The van der Waals surface area contributed by atoms with Crippen molar-refractivity contribution in [1.29, 1.82) is 0 Å². The molecule has 0 aliphatic heterocycles.